The van der Waals surface area contributed by atoms with E-state index in [4.69, 9.17) is 4.74 Å². The van der Waals surface area contributed by atoms with Crippen LogP contribution in [0.5, 0.6) is 0 Å². The Balaban J connectivity index is 1.57. The largest absolute Gasteiger partial charge is 0.462 e. The molecule has 0 aromatic heterocycles. The predicted molar refractivity (Wildman–Crippen MR) is 154 cm³/mol. The van der Waals surface area contributed by atoms with E-state index in [9.17, 15) is 14.4 Å². The number of esters is 1. The smallest absolute Gasteiger partial charge is 0.302 e. The van der Waals surface area contributed by atoms with Crippen molar-refractivity contribution in [2.75, 3.05) is 5.33 Å². The normalized spacial score (nSPS) is 49.5. The zero-order valence-electron chi connectivity index (χ0n) is 25.0. The Morgan fingerprint density at radius 2 is 1.61 bits per heavy atom. The average molecular weight is 590 g/mol. The van der Waals surface area contributed by atoms with Crippen molar-refractivity contribution in [1.29, 1.82) is 0 Å². The quantitative estimate of drug-likeness (QED) is 0.248. The molecule has 5 heteroatoms. The van der Waals surface area contributed by atoms with Crippen molar-refractivity contribution in [2.24, 2.45) is 50.2 Å². The third-order valence-corrected chi connectivity index (χ3v) is 14.1. The lowest BCUT2D eigenvalue weighted by molar-refractivity contribution is -0.210. The van der Waals surface area contributed by atoms with Gasteiger partial charge in [0, 0.05) is 23.7 Å². The van der Waals surface area contributed by atoms with Crippen LogP contribution in [0, 0.1) is 50.2 Å². The van der Waals surface area contributed by atoms with Crippen LogP contribution in [0.1, 0.15) is 113 Å². The highest BCUT2D eigenvalue weighted by atomic mass is 79.9. The van der Waals surface area contributed by atoms with E-state index in [2.05, 4.69) is 70.5 Å². The summed E-state index contributed by atoms with van der Waals surface area (Å²) in [7, 11) is 0. The lowest BCUT2D eigenvalue weighted by atomic mass is 9.33. The number of allylic oxidation sites excluding steroid dienone is 2. The molecule has 0 radical (unpaired) electrons. The minimum Gasteiger partial charge on any atom is -0.462 e. The first-order valence-electron chi connectivity index (χ1n) is 15.0. The summed E-state index contributed by atoms with van der Waals surface area (Å²) in [6.45, 7) is 17.9. The molecule has 0 aromatic carbocycles. The maximum absolute atomic E-state index is 14.5. The lowest BCUT2D eigenvalue weighted by Gasteiger charge is -2.70. The molecule has 0 aliphatic heterocycles. The van der Waals surface area contributed by atoms with E-state index >= 15 is 0 Å². The predicted octanol–water partition coefficient (Wildman–Crippen LogP) is 7.86. The summed E-state index contributed by atoms with van der Waals surface area (Å²) in [6, 6.07) is 0. The molecule has 0 bridgehead atoms. The first kappa shape index (κ1) is 28.6. The molecule has 0 saturated heterocycles. The van der Waals surface area contributed by atoms with Crippen molar-refractivity contribution in [1.82, 2.24) is 0 Å². The number of hydrogen-bond donors (Lipinski definition) is 0. The van der Waals surface area contributed by atoms with Gasteiger partial charge in [-0.25, -0.2) is 0 Å². The fraction of sp³-hybridized carbons (Fsp3) is 0.848. The van der Waals surface area contributed by atoms with Gasteiger partial charge in [-0.05, 0) is 97.4 Å². The molecule has 4 nitrogen and oxygen atoms in total. The van der Waals surface area contributed by atoms with Crippen LogP contribution in [0.25, 0.3) is 0 Å². The third kappa shape index (κ3) is 3.68. The summed E-state index contributed by atoms with van der Waals surface area (Å²) in [5.74, 6) is 1.01. The van der Waals surface area contributed by atoms with Crippen LogP contribution in [0.15, 0.2) is 11.6 Å². The lowest BCUT2D eigenvalue weighted by Crippen LogP contribution is -2.66. The topological polar surface area (TPSA) is 60.4 Å². The van der Waals surface area contributed by atoms with Gasteiger partial charge < -0.3 is 4.74 Å². The Morgan fingerprint density at radius 3 is 2.24 bits per heavy atom. The van der Waals surface area contributed by atoms with Crippen molar-refractivity contribution in [3.05, 3.63) is 11.6 Å². The van der Waals surface area contributed by atoms with Crippen LogP contribution in [-0.2, 0) is 19.1 Å². The molecule has 0 heterocycles. The number of carbonyl (C=O) groups excluding carboxylic acids is 3. The minimum atomic E-state index is -0.323. The average Bonchev–Trinajstić information content (AvgIpc) is 2.82. The molecule has 9 atom stereocenters. The second kappa shape index (κ2) is 8.76. The van der Waals surface area contributed by atoms with E-state index in [1.807, 2.05) is 0 Å². The Hall–Kier alpha value is -0.970. The van der Waals surface area contributed by atoms with Gasteiger partial charge in [0.1, 0.15) is 11.9 Å². The maximum atomic E-state index is 14.5. The molecule has 0 spiro atoms. The first-order valence-corrected chi connectivity index (χ1v) is 16.1. The molecule has 4 saturated carbocycles. The second-order valence-electron chi connectivity index (χ2n) is 15.8. The van der Waals surface area contributed by atoms with Crippen LogP contribution in [0.3, 0.4) is 0 Å². The Morgan fingerprint density at radius 1 is 0.947 bits per heavy atom. The van der Waals surface area contributed by atoms with Crippen LogP contribution in [0.2, 0.25) is 0 Å². The molecule has 4 fully saturated rings. The SMILES string of the molecule is CC(=O)O[C@H]1CC[C@]2(C)[C@H]3C(=O)C=C4[C@@H]5C[C@@](C)(C(=O)CBr)CC[C@]5(C)CC[C@@]4(C)[C@]3(C)CC[C@H]2C1(C)C. The molecular weight excluding hydrogens is 540 g/mol. The van der Waals surface area contributed by atoms with E-state index in [1.165, 1.54) is 18.9 Å². The monoisotopic (exact) mass is 588 g/mol. The molecular formula is C33H49BrO4. The number of halogens is 1. The number of rotatable bonds is 3. The second-order valence-corrected chi connectivity index (χ2v) is 16.3. The summed E-state index contributed by atoms with van der Waals surface area (Å²) in [5.41, 5.74) is 0.746. The summed E-state index contributed by atoms with van der Waals surface area (Å²) in [5, 5.41) is 0.409. The molecule has 0 aromatic rings. The number of fused-ring (bicyclic) bond motifs is 7. The maximum Gasteiger partial charge on any atom is 0.302 e. The van der Waals surface area contributed by atoms with Crippen molar-refractivity contribution in [3.63, 3.8) is 0 Å². The zero-order valence-corrected chi connectivity index (χ0v) is 26.6. The Labute approximate surface area is 238 Å². The number of alkyl halides is 1. The van der Waals surface area contributed by atoms with Crippen LogP contribution in [0.4, 0.5) is 0 Å². The first-order chi connectivity index (χ1) is 17.5. The van der Waals surface area contributed by atoms with Gasteiger partial charge in [0.25, 0.3) is 0 Å². The zero-order chi connectivity index (χ0) is 28.1. The van der Waals surface area contributed by atoms with E-state index in [-0.39, 0.29) is 56.4 Å². The molecule has 5 aliphatic rings. The van der Waals surface area contributed by atoms with Gasteiger partial charge in [0.15, 0.2) is 5.78 Å². The van der Waals surface area contributed by atoms with Gasteiger partial charge >= 0.3 is 5.97 Å². The highest BCUT2D eigenvalue weighted by molar-refractivity contribution is 9.09. The number of hydrogen-bond acceptors (Lipinski definition) is 4. The molecule has 38 heavy (non-hydrogen) atoms. The Kier molecular flexibility index (Phi) is 6.59. The van der Waals surface area contributed by atoms with Crippen molar-refractivity contribution in [3.8, 4) is 0 Å². The number of ketones is 2. The van der Waals surface area contributed by atoms with E-state index < -0.39 is 0 Å². The van der Waals surface area contributed by atoms with Gasteiger partial charge in [-0.15, -0.1) is 0 Å². The summed E-state index contributed by atoms with van der Waals surface area (Å²) in [4.78, 5) is 39.4. The summed E-state index contributed by atoms with van der Waals surface area (Å²) >= 11 is 3.45. The highest BCUT2D eigenvalue weighted by Gasteiger charge is 2.70. The molecule has 0 amide bonds. The standard InChI is InChI=1S/C33H49BrO4/c1-20(35)38-26-10-11-31(6)24(28(26,2)3)9-12-33(8)27(31)23(36)17-21-22-18-30(5,25(37)19-34)14-13-29(22,4)15-16-32(21,33)7/h17,22,24,26-27H,9-16,18-19H2,1-8H3/t22-,24-,26-,27+,29+,30-,31-,32+,33+/m0/s1. The van der Waals surface area contributed by atoms with Gasteiger partial charge in [0.05, 0.1) is 5.33 Å². The van der Waals surface area contributed by atoms with Gasteiger partial charge in [-0.1, -0.05) is 70.0 Å². The van der Waals surface area contributed by atoms with Gasteiger partial charge in [-0.2, -0.15) is 0 Å². The molecule has 5 aliphatic carbocycles. The molecule has 212 valence electrons. The molecule has 0 N–H and O–H groups in total. The third-order valence-electron chi connectivity index (χ3n) is 13.6. The van der Waals surface area contributed by atoms with Crippen LogP contribution in [-0.4, -0.2) is 29.0 Å². The highest BCUT2D eigenvalue weighted by Crippen LogP contribution is 2.75. The van der Waals surface area contributed by atoms with Gasteiger partial charge in [0.2, 0.25) is 0 Å². The number of Topliss-reactive ketones (excluding diaryl/α,β-unsaturated/α-hetero) is 1. The number of ether oxygens (including phenoxy) is 1. The van der Waals surface area contributed by atoms with Gasteiger partial charge in [-0.3, -0.25) is 14.4 Å². The fourth-order valence-corrected chi connectivity index (χ4v) is 11.7. The van der Waals surface area contributed by atoms with Crippen molar-refractivity contribution < 1.29 is 19.1 Å². The van der Waals surface area contributed by atoms with Crippen LogP contribution < -0.4 is 0 Å². The summed E-state index contributed by atoms with van der Waals surface area (Å²) < 4.78 is 5.85. The van der Waals surface area contributed by atoms with Crippen molar-refractivity contribution in [2.45, 2.75) is 119 Å². The fourth-order valence-electron chi connectivity index (χ4n) is 11.0. The molecule has 0 unspecified atom stereocenters. The number of carbonyl (C=O) groups is 3. The van der Waals surface area contributed by atoms with E-state index in [0.29, 0.717) is 22.8 Å². The van der Waals surface area contributed by atoms with Crippen LogP contribution >= 0.6 is 15.9 Å². The molecule has 5 rings (SSSR count). The summed E-state index contributed by atoms with van der Waals surface area (Å²) in [6.07, 6.45) is 11.0. The van der Waals surface area contributed by atoms with E-state index in [1.54, 1.807) is 0 Å². The Bertz CT molecular complexity index is 1090. The minimum absolute atomic E-state index is 0.0245. The van der Waals surface area contributed by atoms with Crippen molar-refractivity contribution >= 4 is 33.5 Å². The van der Waals surface area contributed by atoms with E-state index in [0.717, 1.165) is 51.4 Å².